The van der Waals surface area contributed by atoms with Crippen LogP contribution in [0.15, 0.2) is 36.4 Å². The number of esters is 1. The van der Waals surface area contributed by atoms with Crippen molar-refractivity contribution in [3.8, 4) is 16.9 Å². The molecule has 0 saturated carbocycles. The zero-order valence-electron chi connectivity index (χ0n) is 12.5. The topological polar surface area (TPSA) is 35.5 Å². The van der Waals surface area contributed by atoms with Crippen LogP contribution >= 0.6 is 0 Å². The van der Waals surface area contributed by atoms with Crippen LogP contribution < -0.4 is 4.74 Å². The van der Waals surface area contributed by atoms with Crippen LogP contribution in [0.1, 0.15) is 29.2 Å². The molecule has 2 aromatic rings. The number of benzene rings is 2. The Balaban J connectivity index is 2.17. The molecule has 1 aliphatic heterocycles. The molecule has 0 spiro atoms. The normalized spacial score (nSPS) is 15.7. The molecule has 0 aliphatic carbocycles. The van der Waals surface area contributed by atoms with E-state index in [4.69, 9.17) is 9.47 Å². The number of fused-ring (bicyclic) bond motifs is 3. The molecule has 0 fully saturated rings. The molecule has 0 radical (unpaired) electrons. The quantitative estimate of drug-likeness (QED) is 0.782. The number of para-hydroxylation sites is 1. The van der Waals surface area contributed by atoms with Gasteiger partial charge in [0.1, 0.15) is 11.9 Å². The van der Waals surface area contributed by atoms with E-state index in [1.54, 1.807) is 0 Å². The van der Waals surface area contributed by atoms with Gasteiger partial charge in [-0.25, -0.2) is 0 Å². The largest absolute Gasteiger partial charge is 0.484 e. The number of aryl methyl sites for hydroxylation is 2. The summed E-state index contributed by atoms with van der Waals surface area (Å²) >= 11 is 0. The van der Waals surface area contributed by atoms with Gasteiger partial charge in [-0.2, -0.15) is 0 Å². The summed E-state index contributed by atoms with van der Waals surface area (Å²) in [4.78, 5) is 11.7. The maximum absolute atomic E-state index is 11.7. The average molecular weight is 282 g/mol. The van der Waals surface area contributed by atoms with E-state index in [0.29, 0.717) is 0 Å². The Labute approximate surface area is 124 Å². The van der Waals surface area contributed by atoms with Crippen molar-refractivity contribution in [2.24, 2.45) is 0 Å². The summed E-state index contributed by atoms with van der Waals surface area (Å²) in [6.45, 7) is 4.15. The first-order valence-electron chi connectivity index (χ1n) is 7.04. The van der Waals surface area contributed by atoms with Gasteiger partial charge in [0.05, 0.1) is 13.5 Å². The Morgan fingerprint density at radius 2 is 1.95 bits per heavy atom. The molecule has 3 rings (SSSR count). The van der Waals surface area contributed by atoms with Crippen LogP contribution in [0.3, 0.4) is 0 Å². The smallest absolute Gasteiger partial charge is 0.309 e. The van der Waals surface area contributed by atoms with Gasteiger partial charge in [0.2, 0.25) is 0 Å². The summed E-state index contributed by atoms with van der Waals surface area (Å²) in [6, 6.07) is 12.2. The van der Waals surface area contributed by atoms with E-state index >= 15 is 0 Å². The fourth-order valence-electron chi connectivity index (χ4n) is 3.01. The lowest BCUT2D eigenvalue weighted by atomic mass is 9.87. The van der Waals surface area contributed by atoms with Gasteiger partial charge in [-0.15, -0.1) is 0 Å². The molecule has 2 aromatic carbocycles. The Morgan fingerprint density at radius 1 is 1.19 bits per heavy atom. The number of carbonyl (C=O) groups excluding carboxylic acids is 1. The van der Waals surface area contributed by atoms with Gasteiger partial charge in [-0.05, 0) is 31.0 Å². The minimum atomic E-state index is -0.289. The number of hydrogen-bond acceptors (Lipinski definition) is 3. The number of ether oxygens (including phenoxy) is 2. The molecular formula is C18H18O3. The highest BCUT2D eigenvalue weighted by molar-refractivity contribution is 5.79. The molecule has 3 nitrogen and oxygen atoms in total. The van der Waals surface area contributed by atoms with Crippen molar-refractivity contribution in [1.29, 1.82) is 0 Å². The van der Waals surface area contributed by atoms with Gasteiger partial charge < -0.3 is 9.47 Å². The SMILES string of the molecule is COC(=O)CC1Oc2ccccc2-c2cc(C)cc(C)c21. The highest BCUT2D eigenvalue weighted by Gasteiger charge is 2.29. The number of methoxy groups -OCH3 is 1. The van der Waals surface area contributed by atoms with E-state index < -0.39 is 0 Å². The average Bonchev–Trinajstić information content (AvgIpc) is 2.46. The second-order valence-electron chi connectivity index (χ2n) is 5.43. The van der Waals surface area contributed by atoms with E-state index in [1.165, 1.54) is 12.7 Å². The maximum atomic E-state index is 11.7. The minimum absolute atomic E-state index is 0.224. The van der Waals surface area contributed by atoms with Gasteiger partial charge in [0.25, 0.3) is 0 Å². The Bertz CT molecular complexity index is 704. The number of hydrogen-bond donors (Lipinski definition) is 0. The van der Waals surface area contributed by atoms with E-state index in [1.807, 2.05) is 18.2 Å². The van der Waals surface area contributed by atoms with Crippen molar-refractivity contribution < 1.29 is 14.3 Å². The summed E-state index contributed by atoms with van der Waals surface area (Å²) < 4.78 is 10.9. The molecule has 1 unspecified atom stereocenters. The first-order chi connectivity index (χ1) is 10.1. The van der Waals surface area contributed by atoms with Crippen LogP contribution in [-0.4, -0.2) is 13.1 Å². The van der Waals surface area contributed by atoms with Crippen LogP contribution in [0, 0.1) is 13.8 Å². The van der Waals surface area contributed by atoms with E-state index in [0.717, 1.165) is 28.0 Å². The summed E-state index contributed by atoms with van der Waals surface area (Å²) in [5, 5.41) is 0. The van der Waals surface area contributed by atoms with Gasteiger partial charge >= 0.3 is 5.97 Å². The van der Waals surface area contributed by atoms with Crippen molar-refractivity contribution in [1.82, 2.24) is 0 Å². The molecule has 1 atom stereocenters. The third-order valence-electron chi connectivity index (χ3n) is 3.88. The van der Waals surface area contributed by atoms with Crippen LogP contribution in [0.2, 0.25) is 0 Å². The molecule has 108 valence electrons. The molecule has 0 aromatic heterocycles. The van der Waals surface area contributed by atoms with Crippen LogP contribution in [0.25, 0.3) is 11.1 Å². The lowest BCUT2D eigenvalue weighted by Gasteiger charge is -2.30. The first kappa shape index (κ1) is 13.7. The Kier molecular flexibility index (Phi) is 3.42. The van der Waals surface area contributed by atoms with Gasteiger partial charge in [-0.1, -0.05) is 35.9 Å². The number of carbonyl (C=O) groups is 1. The highest BCUT2D eigenvalue weighted by Crippen LogP contribution is 2.45. The predicted octanol–water partition coefficient (Wildman–Crippen LogP) is 3.97. The van der Waals surface area contributed by atoms with Crippen LogP contribution in [0.5, 0.6) is 5.75 Å². The van der Waals surface area contributed by atoms with E-state index in [9.17, 15) is 4.79 Å². The van der Waals surface area contributed by atoms with Crippen molar-refractivity contribution in [3.05, 3.63) is 53.1 Å². The van der Waals surface area contributed by atoms with Gasteiger partial charge in [-0.3, -0.25) is 4.79 Å². The molecular weight excluding hydrogens is 264 g/mol. The van der Waals surface area contributed by atoms with Crippen LogP contribution in [0.4, 0.5) is 0 Å². The Hall–Kier alpha value is -2.29. The lowest BCUT2D eigenvalue weighted by molar-refractivity contribution is -0.142. The molecule has 1 heterocycles. The predicted molar refractivity (Wildman–Crippen MR) is 81.4 cm³/mol. The summed E-state index contributed by atoms with van der Waals surface area (Å²) in [6.07, 6.45) is -0.0650. The standard InChI is InChI=1S/C18H18O3/c1-11-8-12(2)18-14(9-11)13-6-4-5-7-15(13)21-16(18)10-17(19)20-3/h4-9,16H,10H2,1-3H3. The third-order valence-corrected chi connectivity index (χ3v) is 3.88. The minimum Gasteiger partial charge on any atom is -0.484 e. The molecule has 0 amide bonds. The molecule has 0 saturated heterocycles. The number of rotatable bonds is 2. The summed E-state index contributed by atoms with van der Waals surface area (Å²) in [5.74, 6) is 0.564. The third kappa shape index (κ3) is 2.40. The zero-order valence-corrected chi connectivity index (χ0v) is 12.5. The lowest BCUT2D eigenvalue weighted by Crippen LogP contribution is -2.19. The first-order valence-corrected chi connectivity index (χ1v) is 7.04. The fourth-order valence-corrected chi connectivity index (χ4v) is 3.01. The van der Waals surface area contributed by atoms with Crippen molar-refractivity contribution >= 4 is 5.97 Å². The molecule has 21 heavy (non-hydrogen) atoms. The Morgan fingerprint density at radius 3 is 2.71 bits per heavy atom. The van der Waals surface area contributed by atoms with Crippen molar-refractivity contribution in [2.75, 3.05) is 7.11 Å². The van der Waals surface area contributed by atoms with E-state index in [2.05, 4.69) is 32.0 Å². The van der Waals surface area contributed by atoms with Crippen LogP contribution in [-0.2, 0) is 9.53 Å². The van der Waals surface area contributed by atoms with E-state index in [-0.39, 0.29) is 18.5 Å². The molecule has 1 aliphatic rings. The fraction of sp³-hybridized carbons (Fsp3) is 0.278. The summed E-state index contributed by atoms with van der Waals surface area (Å²) in [5.41, 5.74) is 5.68. The van der Waals surface area contributed by atoms with Gasteiger partial charge in [0.15, 0.2) is 0 Å². The van der Waals surface area contributed by atoms with Crippen molar-refractivity contribution in [3.63, 3.8) is 0 Å². The maximum Gasteiger partial charge on any atom is 0.309 e. The molecule has 0 N–H and O–H groups in total. The zero-order chi connectivity index (χ0) is 15.0. The second kappa shape index (κ2) is 5.24. The molecule has 0 bridgehead atoms. The molecule has 3 heteroatoms. The monoisotopic (exact) mass is 282 g/mol. The van der Waals surface area contributed by atoms with Crippen molar-refractivity contribution in [2.45, 2.75) is 26.4 Å². The van der Waals surface area contributed by atoms with Gasteiger partial charge in [0, 0.05) is 11.1 Å². The highest BCUT2D eigenvalue weighted by atomic mass is 16.5. The second-order valence-corrected chi connectivity index (χ2v) is 5.43. The summed E-state index contributed by atoms with van der Waals surface area (Å²) in [7, 11) is 1.40.